The molecule has 0 aliphatic carbocycles. The summed E-state index contributed by atoms with van der Waals surface area (Å²) in [5.41, 5.74) is 2.38. The number of halogens is 2. The standard InChI is InChI=1S/C22H31BF2N2O2/c1-2-3-4-5-6-7-10-18-13-15-20-17-21-16-14-19(11-8-9-12-22(28)29)27(21)23(24,25)26(18)20/h13-17H,2-12H2,1H3,(H,28,29). The Morgan fingerprint density at radius 3 is 2.52 bits per heavy atom. The molecule has 7 heteroatoms. The molecule has 0 unspecified atom stereocenters. The molecule has 0 atom stereocenters. The predicted octanol–water partition coefficient (Wildman–Crippen LogP) is 5.64. The average molecular weight is 404 g/mol. The summed E-state index contributed by atoms with van der Waals surface area (Å²) in [6.45, 7) is -1.75. The molecule has 0 bridgehead atoms. The molecule has 0 aromatic carbocycles. The van der Waals surface area contributed by atoms with Crippen molar-refractivity contribution in [2.75, 3.05) is 0 Å². The maximum Gasteiger partial charge on any atom is 0.737 e. The van der Waals surface area contributed by atoms with Gasteiger partial charge >= 0.3 is 12.9 Å². The topological polar surface area (TPSA) is 45.2 Å². The van der Waals surface area contributed by atoms with Crippen molar-refractivity contribution in [1.82, 2.24) is 4.48 Å². The van der Waals surface area contributed by atoms with Gasteiger partial charge in [-0.05, 0) is 43.5 Å². The molecule has 1 aromatic heterocycles. The molecule has 4 nitrogen and oxygen atoms in total. The zero-order valence-corrected chi connectivity index (χ0v) is 17.2. The van der Waals surface area contributed by atoms with Gasteiger partial charge in [0.15, 0.2) is 5.70 Å². The van der Waals surface area contributed by atoms with Crippen molar-refractivity contribution in [2.24, 2.45) is 0 Å². The van der Waals surface area contributed by atoms with Gasteiger partial charge in [0.25, 0.3) is 0 Å². The minimum Gasteiger partial charge on any atom is -0.481 e. The molecule has 0 saturated heterocycles. The first-order chi connectivity index (χ1) is 13.9. The van der Waals surface area contributed by atoms with Crippen molar-refractivity contribution in [3.8, 4) is 0 Å². The van der Waals surface area contributed by atoms with Crippen LogP contribution in [0.15, 0.2) is 30.0 Å². The summed E-state index contributed by atoms with van der Waals surface area (Å²) in [5, 5.41) is 8.76. The highest BCUT2D eigenvalue weighted by Gasteiger charge is 2.52. The summed E-state index contributed by atoms with van der Waals surface area (Å²) in [4.78, 5) is 10.7. The second kappa shape index (κ2) is 9.55. The van der Waals surface area contributed by atoms with Gasteiger partial charge < -0.3 is 22.7 Å². The van der Waals surface area contributed by atoms with Crippen molar-refractivity contribution in [1.29, 1.82) is 0 Å². The van der Waals surface area contributed by atoms with E-state index in [0.29, 0.717) is 48.5 Å². The van der Waals surface area contributed by atoms with E-state index >= 15 is 8.63 Å². The third-order valence-electron chi connectivity index (χ3n) is 5.85. The minimum atomic E-state index is -3.93. The molecule has 0 fully saturated rings. The Hall–Kier alpha value is -2.18. The SMILES string of the molecule is CCCCCCCCc1ccc2n1[B-](F)(F)[N+]1=C(CCCCC(=O)O)C=CC1=C2. The molecule has 0 radical (unpaired) electrons. The number of aromatic nitrogens is 1. The fraction of sp³-hybridized carbons (Fsp3) is 0.545. The Balaban J connectivity index is 1.71. The van der Waals surface area contributed by atoms with Gasteiger partial charge in [-0.3, -0.25) is 4.79 Å². The Bertz CT molecular complexity index is 840. The number of rotatable bonds is 12. The molecule has 1 aromatic rings. The van der Waals surface area contributed by atoms with Gasteiger partial charge in [-0.1, -0.05) is 39.0 Å². The van der Waals surface area contributed by atoms with Crippen LogP contribution in [0.5, 0.6) is 0 Å². The lowest BCUT2D eigenvalue weighted by Gasteiger charge is -2.30. The Kier molecular flexibility index (Phi) is 7.09. The fourth-order valence-corrected chi connectivity index (χ4v) is 4.35. The number of aryl methyl sites for hydroxylation is 1. The number of carboxylic acids is 1. The van der Waals surface area contributed by atoms with E-state index in [1.807, 2.05) is 12.1 Å². The van der Waals surface area contributed by atoms with E-state index in [1.165, 1.54) is 28.2 Å². The number of nitrogens with zero attached hydrogens (tertiary/aromatic N) is 2. The van der Waals surface area contributed by atoms with Gasteiger partial charge in [0.05, 0.1) is 0 Å². The highest BCUT2D eigenvalue weighted by atomic mass is 19.2. The first-order valence-electron chi connectivity index (χ1n) is 10.9. The summed E-state index contributed by atoms with van der Waals surface area (Å²) in [5.74, 6) is -0.846. The van der Waals surface area contributed by atoms with Gasteiger partial charge in [0.2, 0.25) is 0 Å². The minimum absolute atomic E-state index is 0.0748. The molecule has 3 heterocycles. The number of fused-ring (bicyclic) bond motifs is 2. The molecule has 2 aliphatic rings. The lowest BCUT2D eigenvalue weighted by molar-refractivity contribution is -0.362. The van der Waals surface area contributed by atoms with E-state index in [4.69, 9.17) is 5.11 Å². The number of hydrogen-bond acceptors (Lipinski definition) is 1. The van der Waals surface area contributed by atoms with Gasteiger partial charge in [-0.2, -0.15) is 0 Å². The number of aliphatic carboxylic acids is 1. The number of hydrogen-bond donors (Lipinski definition) is 1. The molecule has 0 amide bonds. The lowest BCUT2D eigenvalue weighted by Crippen LogP contribution is -2.50. The number of allylic oxidation sites excluding steroid dienone is 2. The zero-order chi connectivity index (χ0) is 20.9. The van der Waals surface area contributed by atoms with E-state index in [1.54, 1.807) is 18.2 Å². The first kappa shape index (κ1) is 21.5. The van der Waals surface area contributed by atoms with Crippen molar-refractivity contribution in [2.45, 2.75) is 77.6 Å². The third kappa shape index (κ3) is 4.88. The smallest absolute Gasteiger partial charge is 0.481 e. The van der Waals surface area contributed by atoms with E-state index < -0.39 is 12.9 Å². The van der Waals surface area contributed by atoms with Crippen molar-refractivity contribution in [3.63, 3.8) is 0 Å². The van der Waals surface area contributed by atoms with Crippen LogP contribution in [0, 0.1) is 0 Å². The number of carbonyl (C=O) groups is 1. The van der Waals surface area contributed by atoms with Crippen LogP contribution in [0.4, 0.5) is 8.63 Å². The molecular weight excluding hydrogens is 373 g/mol. The summed E-state index contributed by atoms with van der Waals surface area (Å²) in [6.07, 6.45) is 14.4. The Labute approximate surface area is 171 Å². The van der Waals surface area contributed by atoms with Crippen LogP contribution in [0.2, 0.25) is 0 Å². The monoisotopic (exact) mass is 404 g/mol. The second-order valence-corrected chi connectivity index (χ2v) is 8.09. The maximum absolute atomic E-state index is 15.6. The van der Waals surface area contributed by atoms with Crippen LogP contribution < -0.4 is 0 Å². The van der Waals surface area contributed by atoms with Gasteiger partial charge in [0.1, 0.15) is 5.71 Å². The molecule has 29 heavy (non-hydrogen) atoms. The molecule has 0 saturated carbocycles. The molecule has 2 aliphatic heterocycles. The molecule has 158 valence electrons. The molecule has 1 N–H and O–H groups in total. The van der Waals surface area contributed by atoms with Crippen LogP contribution in [-0.4, -0.2) is 32.7 Å². The van der Waals surface area contributed by atoms with Gasteiger partial charge in [-0.15, -0.1) is 0 Å². The van der Waals surface area contributed by atoms with Crippen LogP contribution in [-0.2, 0) is 11.2 Å². The molecule has 0 spiro atoms. The van der Waals surface area contributed by atoms with Crippen LogP contribution in [0.25, 0.3) is 6.08 Å². The fourth-order valence-electron chi connectivity index (χ4n) is 4.35. The van der Waals surface area contributed by atoms with E-state index in [0.717, 1.165) is 19.3 Å². The summed E-state index contributed by atoms with van der Waals surface area (Å²) >= 11 is 0. The number of unbranched alkanes of at least 4 members (excludes halogenated alkanes) is 6. The lowest BCUT2D eigenvalue weighted by atomic mass is 9.89. The summed E-state index contributed by atoms with van der Waals surface area (Å²) < 4.78 is 33.5. The van der Waals surface area contributed by atoms with E-state index in [2.05, 4.69) is 6.92 Å². The maximum atomic E-state index is 15.6. The second-order valence-electron chi connectivity index (χ2n) is 8.09. The predicted molar refractivity (Wildman–Crippen MR) is 113 cm³/mol. The molecule has 3 rings (SSSR count). The normalized spacial score (nSPS) is 16.7. The van der Waals surface area contributed by atoms with Gasteiger partial charge in [-0.25, -0.2) is 0 Å². The highest BCUT2D eigenvalue weighted by molar-refractivity contribution is 6.58. The van der Waals surface area contributed by atoms with Crippen molar-refractivity contribution in [3.05, 3.63) is 41.4 Å². The summed E-state index contributed by atoms with van der Waals surface area (Å²) in [6, 6.07) is 3.64. The first-order valence-corrected chi connectivity index (χ1v) is 10.9. The van der Waals surface area contributed by atoms with Crippen LogP contribution >= 0.6 is 0 Å². The highest BCUT2D eigenvalue weighted by Crippen LogP contribution is 2.33. The number of carboxylic acid groups (broad SMARTS) is 1. The average Bonchev–Trinajstić information content (AvgIpc) is 3.27. The van der Waals surface area contributed by atoms with Crippen molar-refractivity contribution >= 4 is 24.7 Å². The zero-order valence-electron chi connectivity index (χ0n) is 17.2. The van der Waals surface area contributed by atoms with Crippen LogP contribution in [0.1, 0.15) is 82.5 Å². The van der Waals surface area contributed by atoms with E-state index in [-0.39, 0.29) is 6.42 Å². The molecular formula is C22H31BF2N2O2. The third-order valence-corrected chi connectivity index (χ3v) is 5.85. The van der Waals surface area contributed by atoms with Gasteiger partial charge in [0, 0.05) is 36.8 Å². The Morgan fingerprint density at radius 2 is 1.76 bits per heavy atom. The van der Waals surface area contributed by atoms with Crippen LogP contribution in [0.3, 0.4) is 0 Å². The summed E-state index contributed by atoms with van der Waals surface area (Å²) in [7, 11) is 0. The van der Waals surface area contributed by atoms with Crippen molar-refractivity contribution < 1.29 is 23.0 Å². The quantitative estimate of drug-likeness (QED) is 0.362. The Morgan fingerprint density at radius 1 is 1.03 bits per heavy atom. The van der Waals surface area contributed by atoms with E-state index in [9.17, 15) is 4.79 Å². The largest absolute Gasteiger partial charge is 0.737 e.